The zero-order chi connectivity index (χ0) is 12.1. The quantitative estimate of drug-likeness (QED) is 0.813. The maximum absolute atomic E-state index is 11.4. The number of nitrogens with one attached hydrogen (secondary N) is 1. The molecule has 16 heavy (non-hydrogen) atoms. The van der Waals surface area contributed by atoms with Crippen LogP contribution in [-0.4, -0.2) is 19.0 Å². The summed E-state index contributed by atoms with van der Waals surface area (Å²) in [7, 11) is 1.25. The van der Waals surface area contributed by atoms with Crippen molar-refractivity contribution in [1.29, 1.82) is 5.26 Å². The van der Waals surface area contributed by atoms with Crippen LogP contribution < -0.4 is 5.32 Å². The maximum atomic E-state index is 11.4. The minimum atomic E-state index is -0.557. The number of nitriles is 1. The van der Waals surface area contributed by atoms with Crippen molar-refractivity contribution in [3.05, 3.63) is 15.8 Å². The molecule has 0 aliphatic heterocycles. The Bertz CT molecular complexity index is 459. The van der Waals surface area contributed by atoms with Crippen molar-refractivity contribution in [2.24, 2.45) is 0 Å². The second-order valence-electron chi connectivity index (χ2n) is 2.86. The lowest BCUT2D eigenvalue weighted by atomic mass is 10.2. The number of hydrogen-bond acceptors (Lipinski definition) is 5. The van der Waals surface area contributed by atoms with E-state index in [1.54, 1.807) is 6.92 Å². The van der Waals surface area contributed by atoms with Crippen molar-refractivity contribution in [3.8, 4) is 6.07 Å². The topological polar surface area (TPSA) is 79.2 Å². The number of ether oxygens (including phenoxy) is 1. The van der Waals surface area contributed by atoms with E-state index in [9.17, 15) is 9.59 Å². The first kappa shape index (κ1) is 12.2. The van der Waals surface area contributed by atoms with Gasteiger partial charge in [0.2, 0.25) is 5.91 Å². The molecule has 0 radical (unpaired) electrons. The van der Waals surface area contributed by atoms with Gasteiger partial charge in [-0.1, -0.05) is 6.92 Å². The SMILES string of the molecule is CCC(=O)Nc1c(C#N)csc1C(=O)OC. The summed E-state index contributed by atoms with van der Waals surface area (Å²) in [5.74, 6) is -0.807. The van der Waals surface area contributed by atoms with Crippen LogP contribution in [0.4, 0.5) is 5.69 Å². The lowest BCUT2D eigenvalue weighted by Crippen LogP contribution is -2.13. The molecule has 0 saturated heterocycles. The average Bonchev–Trinajstić information content (AvgIpc) is 2.70. The molecule has 0 aromatic carbocycles. The van der Waals surface area contributed by atoms with E-state index in [2.05, 4.69) is 10.1 Å². The van der Waals surface area contributed by atoms with Gasteiger partial charge in [-0.2, -0.15) is 5.26 Å². The molecule has 0 aliphatic rings. The van der Waals surface area contributed by atoms with Gasteiger partial charge in [0, 0.05) is 11.8 Å². The highest BCUT2D eigenvalue weighted by molar-refractivity contribution is 7.12. The van der Waals surface area contributed by atoms with Crippen LogP contribution in [0.15, 0.2) is 5.38 Å². The minimum absolute atomic E-state index is 0.237. The molecule has 0 atom stereocenters. The summed E-state index contributed by atoms with van der Waals surface area (Å²) in [6.45, 7) is 1.69. The third-order valence-corrected chi connectivity index (χ3v) is 2.83. The van der Waals surface area contributed by atoms with Gasteiger partial charge in [-0.15, -0.1) is 11.3 Å². The number of carbonyl (C=O) groups is 2. The number of esters is 1. The second-order valence-corrected chi connectivity index (χ2v) is 3.74. The number of rotatable bonds is 3. The van der Waals surface area contributed by atoms with Crippen LogP contribution in [0, 0.1) is 11.3 Å². The molecule has 1 heterocycles. The molecule has 1 aromatic heterocycles. The van der Waals surface area contributed by atoms with Crippen molar-refractivity contribution >= 4 is 28.9 Å². The first-order valence-corrected chi connectivity index (χ1v) is 5.41. The van der Waals surface area contributed by atoms with Crippen LogP contribution in [0.3, 0.4) is 0 Å². The highest BCUT2D eigenvalue weighted by Crippen LogP contribution is 2.28. The Kier molecular flexibility index (Phi) is 4.03. The summed E-state index contributed by atoms with van der Waals surface area (Å²) in [6.07, 6.45) is 0.279. The van der Waals surface area contributed by atoms with E-state index in [0.717, 1.165) is 11.3 Å². The zero-order valence-corrected chi connectivity index (χ0v) is 9.68. The molecule has 1 rings (SSSR count). The largest absolute Gasteiger partial charge is 0.465 e. The van der Waals surface area contributed by atoms with Gasteiger partial charge in [-0.25, -0.2) is 4.79 Å². The first-order chi connectivity index (χ1) is 7.63. The smallest absolute Gasteiger partial charge is 0.350 e. The maximum Gasteiger partial charge on any atom is 0.350 e. The number of thiophene rings is 1. The summed E-state index contributed by atoms with van der Waals surface area (Å²) in [5, 5.41) is 12.9. The Morgan fingerprint density at radius 1 is 1.62 bits per heavy atom. The Hall–Kier alpha value is -1.87. The molecule has 5 nitrogen and oxygen atoms in total. The molecule has 6 heteroatoms. The van der Waals surface area contributed by atoms with E-state index < -0.39 is 5.97 Å². The van der Waals surface area contributed by atoms with Crippen molar-refractivity contribution in [1.82, 2.24) is 0 Å². The predicted octanol–water partition coefficient (Wildman–Crippen LogP) is 1.75. The van der Waals surface area contributed by atoms with E-state index in [4.69, 9.17) is 5.26 Å². The molecular weight excluding hydrogens is 228 g/mol. The van der Waals surface area contributed by atoms with Crippen molar-refractivity contribution < 1.29 is 14.3 Å². The van der Waals surface area contributed by atoms with Crippen LogP contribution in [-0.2, 0) is 9.53 Å². The summed E-state index contributed by atoms with van der Waals surface area (Å²) in [6, 6.07) is 1.91. The van der Waals surface area contributed by atoms with Gasteiger partial charge in [0.05, 0.1) is 18.4 Å². The number of amides is 1. The molecular formula is C10H10N2O3S. The van der Waals surface area contributed by atoms with Crippen molar-refractivity contribution in [3.63, 3.8) is 0 Å². The molecule has 0 saturated carbocycles. The lowest BCUT2D eigenvalue weighted by molar-refractivity contribution is -0.115. The van der Waals surface area contributed by atoms with Crippen LogP contribution >= 0.6 is 11.3 Å². The van der Waals surface area contributed by atoms with Gasteiger partial charge < -0.3 is 10.1 Å². The Labute approximate surface area is 96.6 Å². The Balaban J connectivity index is 3.12. The van der Waals surface area contributed by atoms with Gasteiger partial charge in [-0.05, 0) is 0 Å². The number of anilines is 1. The number of carbonyl (C=O) groups excluding carboxylic acids is 2. The fourth-order valence-electron chi connectivity index (χ4n) is 1.04. The Morgan fingerprint density at radius 2 is 2.31 bits per heavy atom. The second kappa shape index (κ2) is 5.28. The number of nitrogens with zero attached hydrogens (tertiary/aromatic N) is 1. The average molecular weight is 238 g/mol. The monoisotopic (exact) mass is 238 g/mol. The van der Waals surface area contributed by atoms with E-state index in [0.29, 0.717) is 0 Å². The fourth-order valence-corrected chi connectivity index (χ4v) is 1.90. The van der Waals surface area contributed by atoms with Crippen LogP contribution in [0.1, 0.15) is 28.6 Å². The van der Waals surface area contributed by atoms with Gasteiger partial charge >= 0.3 is 5.97 Å². The van der Waals surface area contributed by atoms with E-state index in [1.165, 1.54) is 12.5 Å². The van der Waals surface area contributed by atoms with Crippen LogP contribution in [0.5, 0.6) is 0 Å². The minimum Gasteiger partial charge on any atom is -0.465 e. The molecule has 0 fully saturated rings. The van der Waals surface area contributed by atoms with Gasteiger partial charge in [0.15, 0.2) is 0 Å². The summed E-state index contributed by atoms with van der Waals surface area (Å²) in [5.41, 5.74) is 0.512. The van der Waals surface area contributed by atoms with E-state index in [-0.39, 0.29) is 28.5 Å². The third-order valence-electron chi connectivity index (χ3n) is 1.87. The molecule has 0 spiro atoms. The highest BCUT2D eigenvalue weighted by Gasteiger charge is 2.19. The molecule has 1 aromatic rings. The molecule has 1 N–H and O–H groups in total. The highest BCUT2D eigenvalue weighted by atomic mass is 32.1. The molecule has 0 unspecified atom stereocenters. The zero-order valence-electron chi connectivity index (χ0n) is 8.86. The van der Waals surface area contributed by atoms with Gasteiger partial charge in [-0.3, -0.25) is 4.79 Å². The normalized spacial score (nSPS) is 9.31. The predicted molar refractivity (Wildman–Crippen MR) is 59.3 cm³/mol. The van der Waals surface area contributed by atoms with Crippen LogP contribution in [0.2, 0.25) is 0 Å². The summed E-state index contributed by atoms with van der Waals surface area (Å²) in [4.78, 5) is 22.8. The van der Waals surface area contributed by atoms with E-state index in [1.807, 2.05) is 6.07 Å². The van der Waals surface area contributed by atoms with Crippen molar-refractivity contribution in [2.75, 3.05) is 12.4 Å². The summed E-state index contributed by atoms with van der Waals surface area (Å²) < 4.78 is 4.56. The fraction of sp³-hybridized carbons (Fsp3) is 0.300. The van der Waals surface area contributed by atoms with Crippen molar-refractivity contribution in [2.45, 2.75) is 13.3 Å². The number of hydrogen-bond donors (Lipinski definition) is 1. The van der Waals surface area contributed by atoms with Gasteiger partial charge in [0.25, 0.3) is 0 Å². The Morgan fingerprint density at radius 3 is 2.81 bits per heavy atom. The molecule has 84 valence electrons. The summed E-state index contributed by atoms with van der Waals surface area (Å²) >= 11 is 1.07. The standard InChI is InChI=1S/C10H10N2O3S/c1-3-7(13)12-8-6(4-11)5-16-9(8)10(14)15-2/h5H,3H2,1-2H3,(H,12,13). The number of methoxy groups -OCH3 is 1. The molecule has 0 bridgehead atoms. The van der Waals surface area contributed by atoms with E-state index >= 15 is 0 Å². The molecule has 0 aliphatic carbocycles. The molecule has 1 amide bonds. The lowest BCUT2D eigenvalue weighted by Gasteiger charge is -2.04. The van der Waals surface area contributed by atoms with Crippen LogP contribution in [0.25, 0.3) is 0 Å². The van der Waals surface area contributed by atoms with Gasteiger partial charge in [0.1, 0.15) is 10.9 Å². The first-order valence-electron chi connectivity index (χ1n) is 4.53. The third kappa shape index (κ3) is 2.38.